The van der Waals surface area contributed by atoms with Crippen LogP contribution < -0.4 is 20.1 Å². The number of ether oxygens (including phenoxy) is 1. The van der Waals surface area contributed by atoms with Crippen LogP contribution in [0.2, 0.25) is 5.02 Å². The third kappa shape index (κ3) is 4.39. The van der Waals surface area contributed by atoms with Crippen LogP contribution in [0.5, 0.6) is 5.75 Å². The Morgan fingerprint density at radius 3 is 2.53 bits per heavy atom. The Morgan fingerprint density at radius 1 is 1.03 bits per heavy atom. The van der Waals surface area contributed by atoms with Crippen molar-refractivity contribution in [3.05, 3.63) is 59.5 Å². The normalized spacial score (nSPS) is 11.3. The number of benzene rings is 2. The van der Waals surface area contributed by atoms with Gasteiger partial charge in [0.1, 0.15) is 16.5 Å². The summed E-state index contributed by atoms with van der Waals surface area (Å²) < 4.78 is 49.1. The van der Waals surface area contributed by atoms with E-state index in [-0.39, 0.29) is 26.9 Å². The van der Waals surface area contributed by atoms with E-state index >= 15 is 4.39 Å². The minimum absolute atomic E-state index is 0.0746. The van der Waals surface area contributed by atoms with Gasteiger partial charge in [0, 0.05) is 41.8 Å². The Labute approximate surface area is 200 Å². The fraction of sp³-hybridized carbons (Fsp3) is 0.136. The first-order valence-electron chi connectivity index (χ1n) is 9.96. The van der Waals surface area contributed by atoms with Crippen molar-refractivity contribution < 1.29 is 17.5 Å². The van der Waals surface area contributed by atoms with E-state index in [1.54, 1.807) is 26.4 Å². The first-order valence-corrected chi connectivity index (χ1v) is 11.8. The fourth-order valence-corrected chi connectivity index (χ4v) is 4.85. The highest BCUT2D eigenvalue weighted by Crippen LogP contribution is 2.35. The number of sulfonamides is 1. The van der Waals surface area contributed by atoms with Crippen LogP contribution in [0.15, 0.2) is 53.6 Å². The molecule has 0 saturated heterocycles. The number of anilines is 3. The highest BCUT2D eigenvalue weighted by molar-refractivity contribution is 7.92. The van der Waals surface area contributed by atoms with Gasteiger partial charge in [-0.3, -0.25) is 4.72 Å². The van der Waals surface area contributed by atoms with Crippen LogP contribution in [0.25, 0.3) is 22.2 Å². The molecule has 4 rings (SSSR count). The molecule has 4 aromatic rings. The van der Waals surface area contributed by atoms with Crippen molar-refractivity contribution in [2.24, 2.45) is 0 Å². The molecule has 2 aromatic carbocycles. The molecule has 0 fully saturated rings. The number of methoxy groups -OCH3 is 1. The molecule has 0 bridgehead atoms. The van der Waals surface area contributed by atoms with Crippen LogP contribution in [0.3, 0.4) is 0 Å². The average molecular weight is 503 g/mol. The van der Waals surface area contributed by atoms with E-state index in [1.165, 1.54) is 43.5 Å². The molecule has 3 N–H and O–H groups in total. The summed E-state index contributed by atoms with van der Waals surface area (Å²) in [5.74, 6) is 0.0561. The van der Waals surface area contributed by atoms with Gasteiger partial charge in [-0.25, -0.2) is 22.8 Å². The predicted molar refractivity (Wildman–Crippen MR) is 131 cm³/mol. The molecule has 0 aliphatic heterocycles. The van der Waals surface area contributed by atoms with Crippen LogP contribution in [0.1, 0.15) is 0 Å². The molecule has 0 radical (unpaired) electrons. The van der Waals surface area contributed by atoms with E-state index in [2.05, 4.69) is 30.3 Å². The van der Waals surface area contributed by atoms with Gasteiger partial charge >= 0.3 is 0 Å². The lowest BCUT2D eigenvalue weighted by atomic mass is 10.0. The summed E-state index contributed by atoms with van der Waals surface area (Å²) in [5, 5.41) is 6.56. The van der Waals surface area contributed by atoms with E-state index in [0.29, 0.717) is 28.4 Å². The van der Waals surface area contributed by atoms with E-state index in [0.717, 1.165) is 0 Å². The summed E-state index contributed by atoms with van der Waals surface area (Å²) in [6.45, 7) is 0. The highest BCUT2D eigenvalue weighted by Gasteiger charge is 2.23. The number of hydrogen-bond donors (Lipinski definition) is 3. The second-order valence-corrected chi connectivity index (χ2v) is 9.15. The summed E-state index contributed by atoms with van der Waals surface area (Å²) in [5.41, 5.74) is 0.714. The van der Waals surface area contributed by atoms with E-state index < -0.39 is 15.8 Å². The van der Waals surface area contributed by atoms with Gasteiger partial charge in [-0.15, -0.1) is 0 Å². The van der Waals surface area contributed by atoms with Gasteiger partial charge in [0.25, 0.3) is 10.0 Å². The molecule has 0 spiro atoms. The molecule has 12 heteroatoms. The summed E-state index contributed by atoms with van der Waals surface area (Å²) in [6, 6.07) is 10.2. The Bertz CT molecular complexity index is 1500. The van der Waals surface area contributed by atoms with Crippen LogP contribution in [-0.4, -0.2) is 44.6 Å². The zero-order chi connectivity index (χ0) is 24.5. The van der Waals surface area contributed by atoms with E-state index in [4.69, 9.17) is 16.3 Å². The molecule has 0 aliphatic rings. The van der Waals surface area contributed by atoms with Gasteiger partial charge in [0.05, 0.1) is 12.8 Å². The largest absolute Gasteiger partial charge is 0.495 e. The third-order valence-electron chi connectivity index (χ3n) is 4.98. The second-order valence-electron chi connectivity index (χ2n) is 7.06. The molecule has 9 nitrogen and oxygen atoms in total. The zero-order valence-corrected chi connectivity index (χ0v) is 19.9. The van der Waals surface area contributed by atoms with Crippen LogP contribution >= 0.6 is 11.6 Å². The van der Waals surface area contributed by atoms with Crippen LogP contribution in [0.4, 0.5) is 21.8 Å². The van der Waals surface area contributed by atoms with Gasteiger partial charge in [0.2, 0.25) is 5.95 Å². The maximum Gasteiger partial charge on any atom is 0.265 e. The molecule has 0 atom stereocenters. The Kier molecular flexibility index (Phi) is 6.40. The number of rotatable bonds is 7. The maximum atomic E-state index is 15.6. The molecule has 0 saturated carbocycles. The molecule has 0 amide bonds. The average Bonchev–Trinajstić information content (AvgIpc) is 2.84. The molecular formula is C22H20ClFN6O3S. The van der Waals surface area contributed by atoms with E-state index in [1.807, 2.05) is 0 Å². The lowest BCUT2D eigenvalue weighted by Gasteiger charge is -2.15. The minimum Gasteiger partial charge on any atom is -0.495 e. The van der Waals surface area contributed by atoms with Crippen molar-refractivity contribution in [1.29, 1.82) is 0 Å². The van der Waals surface area contributed by atoms with Crippen LogP contribution in [0, 0.1) is 5.82 Å². The van der Waals surface area contributed by atoms with Crippen molar-refractivity contribution >= 4 is 50.1 Å². The molecule has 34 heavy (non-hydrogen) atoms. The number of halogens is 2. The molecule has 0 unspecified atom stereocenters. The molecule has 176 valence electrons. The van der Waals surface area contributed by atoms with Crippen molar-refractivity contribution in [3.8, 4) is 16.9 Å². The Morgan fingerprint density at radius 2 is 1.82 bits per heavy atom. The number of fused-ring (bicyclic) bond motifs is 1. The number of nitrogens with zero attached hydrogens (tertiary/aromatic N) is 3. The molecular weight excluding hydrogens is 483 g/mol. The van der Waals surface area contributed by atoms with Gasteiger partial charge in [-0.2, -0.15) is 4.98 Å². The van der Waals surface area contributed by atoms with Gasteiger partial charge in [0.15, 0.2) is 11.5 Å². The van der Waals surface area contributed by atoms with Crippen molar-refractivity contribution in [2.75, 3.05) is 36.6 Å². The van der Waals surface area contributed by atoms with Gasteiger partial charge < -0.3 is 15.4 Å². The summed E-state index contributed by atoms with van der Waals surface area (Å²) in [4.78, 5) is 12.7. The molecule has 0 aliphatic carbocycles. The smallest absolute Gasteiger partial charge is 0.265 e. The van der Waals surface area contributed by atoms with Crippen molar-refractivity contribution in [2.45, 2.75) is 4.90 Å². The first-order chi connectivity index (χ1) is 16.3. The quantitative estimate of drug-likeness (QED) is 0.341. The maximum absolute atomic E-state index is 15.6. The second kappa shape index (κ2) is 9.27. The zero-order valence-electron chi connectivity index (χ0n) is 18.3. The topological polar surface area (TPSA) is 118 Å². The Hall–Kier alpha value is -3.70. The monoisotopic (exact) mass is 502 g/mol. The number of nitrogens with one attached hydrogen (secondary N) is 3. The number of aromatic nitrogens is 3. The summed E-state index contributed by atoms with van der Waals surface area (Å²) in [7, 11) is 0.453. The van der Waals surface area contributed by atoms with Gasteiger partial charge in [-0.05, 0) is 30.3 Å². The van der Waals surface area contributed by atoms with Crippen molar-refractivity contribution in [1.82, 2.24) is 15.0 Å². The fourth-order valence-electron chi connectivity index (χ4n) is 3.36. The number of pyridine rings is 1. The summed E-state index contributed by atoms with van der Waals surface area (Å²) >= 11 is 5.97. The minimum atomic E-state index is -4.22. The lowest BCUT2D eigenvalue weighted by molar-refractivity contribution is 0.403. The highest BCUT2D eigenvalue weighted by atomic mass is 35.5. The first kappa shape index (κ1) is 23.5. The standard InChI is InChI=1S/C22H20ClFN6O3S/c1-25-21-15(9-12-11-27-22(26-2)29-20(12)28-21)14-5-4-6-16(19(14)24)30-34(31,32)18-10-13(23)7-8-17(18)33-3/h4-11,30H,1-3H3,(H2,25,26,27,28,29). The third-order valence-corrected chi connectivity index (χ3v) is 6.60. The SMILES string of the molecule is CNc1ncc2cc(-c3cccc(NS(=O)(=O)c4cc(Cl)ccc4OC)c3F)c(NC)nc2n1. The predicted octanol–water partition coefficient (Wildman–Crippen LogP) is 4.38. The number of hydrogen-bond acceptors (Lipinski definition) is 8. The summed E-state index contributed by atoms with van der Waals surface area (Å²) in [6.07, 6.45) is 1.57. The Balaban J connectivity index is 1.80. The lowest BCUT2D eigenvalue weighted by Crippen LogP contribution is -2.15. The molecule has 2 heterocycles. The van der Waals surface area contributed by atoms with Crippen molar-refractivity contribution in [3.63, 3.8) is 0 Å². The van der Waals surface area contributed by atoms with Crippen LogP contribution in [-0.2, 0) is 10.0 Å². The molecule has 2 aromatic heterocycles. The van der Waals surface area contributed by atoms with E-state index in [9.17, 15) is 8.42 Å². The van der Waals surface area contributed by atoms with Gasteiger partial charge in [-0.1, -0.05) is 23.7 Å².